The first-order chi connectivity index (χ1) is 11.1. The molecule has 0 saturated heterocycles. The van der Waals surface area contributed by atoms with Crippen LogP contribution in [0.1, 0.15) is 40.2 Å². The first-order valence-electron chi connectivity index (χ1n) is 7.66. The van der Waals surface area contributed by atoms with Gasteiger partial charge in [-0.15, -0.1) is 0 Å². The van der Waals surface area contributed by atoms with E-state index in [1.807, 2.05) is 42.5 Å². The Labute approximate surface area is 148 Å². The number of rotatable bonds is 3. The molecule has 0 atom stereocenters. The first-order valence-corrected chi connectivity index (χ1v) is 8.83. The molecule has 0 aromatic heterocycles. The van der Waals surface area contributed by atoms with Crippen molar-refractivity contribution in [1.82, 2.24) is 0 Å². The van der Waals surface area contributed by atoms with Crippen molar-refractivity contribution in [3.05, 3.63) is 80.8 Å². The highest BCUT2D eigenvalue weighted by atomic mass is 79.9. The van der Waals surface area contributed by atoms with Crippen molar-refractivity contribution in [2.75, 3.05) is 0 Å². The van der Waals surface area contributed by atoms with Gasteiger partial charge in [-0.1, -0.05) is 76.1 Å². The molecule has 0 N–H and O–H groups in total. The lowest BCUT2D eigenvalue weighted by Gasteiger charge is -2.10. The molecule has 23 heavy (non-hydrogen) atoms. The van der Waals surface area contributed by atoms with Crippen LogP contribution < -0.4 is 0 Å². The number of carbonyl (C=O) groups excluding carboxylic acids is 1. The van der Waals surface area contributed by atoms with Gasteiger partial charge in [-0.25, -0.2) is 0 Å². The Balaban J connectivity index is 1.78. The Morgan fingerprint density at radius 3 is 2.30 bits per heavy atom. The molecule has 1 nitrogen and oxygen atoms in total. The molecule has 1 aliphatic rings. The van der Waals surface area contributed by atoms with Crippen LogP contribution in [-0.4, -0.2) is 5.78 Å². The van der Waals surface area contributed by atoms with Crippen molar-refractivity contribution in [2.45, 2.75) is 18.8 Å². The molecule has 0 amide bonds. The van der Waals surface area contributed by atoms with Crippen LogP contribution in [0.3, 0.4) is 0 Å². The number of fused-ring (bicyclic) bond motifs is 1. The Hall–Kier alpha value is -1.64. The quantitative estimate of drug-likeness (QED) is 0.479. The monoisotopic (exact) mass is 384 g/mol. The summed E-state index contributed by atoms with van der Waals surface area (Å²) >= 11 is 10.1. The van der Waals surface area contributed by atoms with Gasteiger partial charge in [0.2, 0.25) is 0 Å². The van der Waals surface area contributed by atoms with Crippen molar-refractivity contribution in [1.29, 1.82) is 0 Å². The van der Waals surface area contributed by atoms with Crippen LogP contribution in [0.5, 0.6) is 0 Å². The van der Waals surface area contributed by atoms with Gasteiger partial charge in [0.25, 0.3) is 0 Å². The largest absolute Gasteiger partial charge is 0.289 e. The van der Waals surface area contributed by atoms with E-state index in [1.165, 1.54) is 18.4 Å². The number of benzene rings is 3. The summed E-state index contributed by atoms with van der Waals surface area (Å²) in [5, 5.41) is 2.42. The number of hydrogen-bond donors (Lipinski definition) is 0. The molecule has 114 valence electrons. The van der Waals surface area contributed by atoms with Gasteiger partial charge >= 0.3 is 0 Å². The second-order valence-electron chi connectivity index (χ2n) is 5.99. The molecule has 4 rings (SSSR count). The fourth-order valence-electron chi connectivity index (χ4n) is 2.94. The van der Waals surface area contributed by atoms with E-state index >= 15 is 0 Å². The normalized spacial score (nSPS) is 14.2. The third-order valence-electron chi connectivity index (χ3n) is 4.39. The van der Waals surface area contributed by atoms with Gasteiger partial charge < -0.3 is 0 Å². The SMILES string of the molecule is O=C(c1ccc(C2CC2)cc1)c1cc(Br)c2ccccc2c1Cl. The summed E-state index contributed by atoms with van der Waals surface area (Å²) in [6, 6.07) is 17.6. The number of ketones is 1. The molecule has 1 saturated carbocycles. The van der Waals surface area contributed by atoms with Crippen LogP contribution in [0.2, 0.25) is 5.02 Å². The van der Waals surface area contributed by atoms with E-state index in [2.05, 4.69) is 28.1 Å². The lowest BCUT2D eigenvalue weighted by atomic mass is 9.98. The van der Waals surface area contributed by atoms with E-state index in [0.29, 0.717) is 22.1 Å². The van der Waals surface area contributed by atoms with Crippen LogP contribution in [0.15, 0.2) is 59.1 Å². The summed E-state index contributed by atoms with van der Waals surface area (Å²) < 4.78 is 0.885. The van der Waals surface area contributed by atoms with E-state index in [9.17, 15) is 4.79 Å². The minimum Gasteiger partial charge on any atom is -0.289 e. The predicted molar refractivity (Wildman–Crippen MR) is 98.5 cm³/mol. The fraction of sp³-hybridized carbons (Fsp3) is 0.150. The Bertz CT molecular complexity index is 911. The van der Waals surface area contributed by atoms with Gasteiger partial charge in [0.05, 0.1) is 5.02 Å². The van der Waals surface area contributed by atoms with E-state index in [4.69, 9.17) is 11.6 Å². The Morgan fingerprint density at radius 2 is 1.65 bits per heavy atom. The Kier molecular flexibility index (Phi) is 3.74. The van der Waals surface area contributed by atoms with Crippen molar-refractivity contribution < 1.29 is 4.79 Å². The Morgan fingerprint density at radius 1 is 1.00 bits per heavy atom. The van der Waals surface area contributed by atoms with E-state index in [1.54, 1.807) is 0 Å². The summed E-state index contributed by atoms with van der Waals surface area (Å²) in [5.74, 6) is 0.654. The van der Waals surface area contributed by atoms with Gasteiger partial charge in [0.15, 0.2) is 5.78 Å². The average Bonchev–Trinajstić information content (AvgIpc) is 3.43. The van der Waals surface area contributed by atoms with Crippen LogP contribution >= 0.6 is 27.5 Å². The molecular weight excluding hydrogens is 372 g/mol. The molecule has 0 spiro atoms. The van der Waals surface area contributed by atoms with Crippen LogP contribution in [0.4, 0.5) is 0 Å². The number of hydrogen-bond acceptors (Lipinski definition) is 1. The van der Waals surface area contributed by atoms with Crippen LogP contribution in [0, 0.1) is 0 Å². The fourth-order valence-corrected chi connectivity index (χ4v) is 3.82. The third-order valence-corrected chi connectivity index (χ3v) is 5.46. The number of halogens is 2. The molecule has 1 aliphatic carbocycles. The van der Waals surface area contributed by atoms with Crippen molar-refractivity contribution in [3.63, 3.8) is 0 Å². The standard InChI is InChI=1S/C20H14BrClO/c21-18-11-17(19(22)16-4-2-1-3-15(16)18)20(23)14-9-7-13(8-10-14)12-5-6-12/h1-4,7-12H,5-6H2. The summed E-state index contributed by atoms with van der Waals surface area (Å²) in [7, 11) is 0. The molecule has 0 heterocycles. The van der Waals surface area contributed by atoms with Gasteiger partial charge in [0.1, 0.15) is 0 Å². The van der Waals surface area contributed by atoms with Gasteiger partial charge in [-0.3, -0.25) is 4.79 Å². The molecule has 3 aromatic carbocycles. The minimum absolute atomic E-state index is 0.0381. The zero-order valence-corrected chi connectivity index (χ0v) is 14.7. The topological polar surface area (TPSA) is 17.1 Å². The molecule has 0 unspecified atom stereocenters. The van der Waals surface area contributed by atoms with E-state index in [0.717, 1.165) is 15.2 Å². The predicted octanol–water partition coefficient (Wildman–Crippen LogP) is 6.36. The van der Waals surface area contributed by atoms with E-state index in [-0.39, 0.29) is 5.78 Å². The smallest absolute Gasteiger partial charge is 0.194 e. The van der Waals surface area contributed by atoms with Crippen molar-refractivity contribution >= 4 is 44.1 Å². The highest BCUT2D eigenvalue weighted by Gasteiger charge is 2.24. The summed E-state index contributed by atoms with van der Waals surface area (Å²) in [4.78, 5) is 12.9. The molecular formula is C20H14BrClO. The zero-order chi connectivity index (χ0) is 16.0. The molecule has 0 radical (unpaired) electrons. The highest BCUT2D eigenvalue weighted by molar-refractivity contribution is 9.10. The van der Waals surface area contributed by atoms with Crippen LogP contribution in [-0.2, 0) is 0 Å². The second kappa shape index (κ2) is 5.77. The van der Waals surface area contributed by atoms with Gasteiger partial charge in [-0.2, -0.15) is 0 Å². The lowest BCUT2D eigenvalue weighted by molar-refractivity contribution is 0.103. The molecule has 3 heteroatoms. The third kappa shape index (κ3) is 2.71. The second-order valence-corrected chi connectivity index (χ2v) is 7.22. The maximum Gasteiger partial charge on any atom is 0.194 e. The number of carbonyl (C=O) groups is 1. The van der Waals surface area contributed by atoms with Crippen LogP contribution in [0.25, 0.3) is 10.8 Å². The van der Waals surface area contributed by atoms with Crippen molar-refractivity contribution in [3.8, 4) is 0 Å². The maximum absolute atomic E-state index is 12.9. The van der Waals surface area contributed by atoms with Gasteiger partial charge in [0, 0.05) is 21.0 Å². The minimum atomic E-state index is -0.0381. The van der Waals surface area contributed by atoms with Gasteiger partial charge in [-0.05, 0) is 35.8 Å². The maximum atomic E-state index is 12.9. The zero-order valence-electron chi connectivity index (χ0n) is 12.4. The lowest BCUT2D eigenvalue weighted by Crippen LogP contribution is -2.03. The summed E-state index contributed by atoms with van der Waals surface area (Å²) in [5.41, 5.74) is 2.54. The molecule has 0 bridgehead atoms. The molecule has 3 aromatic rings. The average molecular weight is 386 g/mol. The van der Waals surface area contributed by atoms with E-state index < -0.39 is 0 Å². The summed E-state index contributed by atoms with van der Waals surface area (Å²) in [6.07, 6.45) is 2.52. The molecule has 1 fully saturated rings. The molecule has 0 aliphatic heterocycles. The van der Waals surface area contributed by atoms with Crippen molar-refractivity contribution in [2.24, 2.45) is 0 Å². The first kappa shape index (κ1) is 14.9. The highest BCUT2D eigenvalue weighted by Crippen LogP contribution is 2.40. The summed E-state index contributed by atoms with van der Waals surface area (Å²) in [6.45, 7) is 0.